The molecule has 14 heavy (non-hydrogen) atoms. The molecule has 0 bridgehead atoms. The first-order valence-electron chi connectivity index (χ1n) is 4.58. The molecule has 3 amide bonds. The molecular weight excluding hydrogens is 186 g/mol. The standard InChI is InChI=1S/C8H15N3O3/c9-8(13)10-7(12)6-11-2-1-4-14-5-3-11/h1-6H2,(H3,9,10,12,13). The summed E-state index contributed by atoms with van der Waals surface area (Å²) in [6.45, 7) is 3.09. The number of hydrogen-bond acceptors (Lipinski definition) is 4. The molecule has 6 heteroatoms. The van der Waals surface area contributed by atoms with E-state index in [2.05, 4.69) is 0 Å². The number of nitrogens with one attached hydrogen (secondary N) is 1. The molecule has 0 atom stereocenters. The second-order valence-corrected chi connectivity index (χ2v) is 3.15. The van der Waals surface area contributed by atoms with Gasteiger partial charge >= 0.3 is 6.03 Å². The van der Waals surface area contributed by atoms with Gasteiger partial charge in [-0.15, -0.1) is 0 Å². The van der Waals surface area contributed by atoms with Gasteiger partial charge < -0.3 is 10.5 Å². The summed E-state index contributed by atoms with van der Waals surface area (Å²) in [6.07, 6.45) is 0.907. The van der Waals surface area contributed by atoms with Crippen LogP contribution in [-0.4, -0.2) is 49.7 Å². The van der Waals surface area contributed by atoms with Crippen LogP contribution in [0.15, 0.2) is 0 Å². The number of nitrogens with two attached hydrogens (primary N) is 1. The summed E-state index contributed by atoms with van der Waals surface area (Å²) < 4.78 is 5.22. The van der Waals surface area contributed by atoms with Gasteiger partial charge in [-0.25, -0.2) is 4.79 Å². The highest BCUT2D eigenvalue weighted by atomic mass is 16.5. The molecule has 6 nitrogen and oxygen atoms in total. The fraction of sp³-hybridized carbons (Fsp3) is 0.750. The van der Waals surface area contributed by atoms with E-state index in [0.29, 0.717) is 13.2 Å². The number of nitrogens with zero attached hydrogens (tertiary/aromatic N) is 1. The van der Waals surface area contributed by atoms with E-state index in [-0.39, 0.29) is 12.5 Å². The molecule has 80 valence electrons. The summed E-state index contributed by atoms with van der Waals surface area (Å²) in [4.78, 5) is 23.4. The van der Waals surface area contributed by atoms with E-state index >= 15 is 0 Å². The van der Waals surface area contributed by atoms with Gasteiger partial charge in [-0.05, 0) is 6.42 Å². The van der Waals surface area contributed by atoms with Crippen molar-refractivity contribution in [3.63, 3.8) is 0 Å². The second-order valence-electron chi connectivity index (χ2n) is 3.15. The van der Waals surface area contributed by atoms with E-state index in [4.69, 9.17) is 10.5 Å². The molecule has 0 aromatic carbocycles. The first kappa shape index (κ1) is 10.9. The lowest BCUT2D eigenvalue weighted by Gasteiger charge is -2.17. The van der Waals surface area contributed by atoms with Gasteiger partial charge in [-0.1, -0.05) is 0 Å². The minimum Gasteiger partial charge on any atom is -0.380 e. The van der Waals surface area contributed by atoms with Gasteiger partial charge in [0.2, 0.25) is 5.91 Å². The predicted molar refractivity (Wildman–Crippen MR) is 49.6 cm³/mol. The molecule has 1 fully saturated rings. The number of imide groups is 1. The summed E-state index contributed by atoms with van der Waals surface area (Å²) in [7, 11) is 0. The molecule has 1 rings (SSSR count). The highest BCUT2D eigenvalue weighted by molar-refractivity contribution is 5.94. The van der Waals surface area contributed by atoms with E-state index in [9.17, 15) is 9.59 Å². The Kier molecular flexibility index (Phi) is 4.34. The third-order valence-electron chi connectivity index (χ3n) is 1.94. The van der Waals surface area contributed by atoms with E-state index in [1.807, 2.05) is 10.2 Å². The number of rotatable bonds is 2. The van der Waals surface area contributed by atoms with Gasteiger partial charge in [-0.2, -0.15) is 0 Å². The van der Waals surface area contributed by atoms with E-state index in [1.165, 1.54) is 0 Å². The Morgan fingerprint density at radius 3 is 2.86 bits per heavy atom. The monoisotopic (exact) mass is 201 g/mol. The lowest BCUT2D eigenvalue weighted by molar-refractivity contribution is -0.121. The van der Waals surface area contributed by atoms with Gasteiger partial charge in [0.15, 0.2) is 0 Å². The normalized spacial score (nSPS) is 18.6. The summed E-state index contributed by atoms with van der Waals surface area (Å²) in [5, 5.41) is 2.03. The Balaban J connectivity index is 2.27. The van der Waals surface area contributed by atoms with Crippen molar-refractivity contribution in [1.29, 1.82) is 0 Å². The zero-order chi connectivity index (χ0) is 10.4. The number of urea groups is 1. The maximum absolute atomic E-state index is 11.1. The molecule has 1 heterocycles. The van der Waals surface area contributed by atoms with Crippen LogP contribution in [0.5, 0.6) is 0 Å². The Morgan fingerprint density at radius 2 is 2.14 bits per heavy atom. The van der Waals surface area contributed by atoms with Crippen molar-refractivity contribution in [2.24, 2.45) is 5.73 Å². The maximum Gasteiger partial charge on any atom is 0.318 e. The van der Waals surface area contributed by atoms with E-state index in [1.54, 1.807) is 0 Å². The van der Waals surface area contributed by atoms with Crippen LogP contribution in [0.2, 0.25) is 0 Å². The molecule has 0 aromatic rings. The summed E-state index contributed by atoms with van der Waals surface area (Å²) in [5.74, 6) is -0.362. The van der Waals surface area contributed by atoms with Crippen molar-refractivity contribution in [3.05, 3.63) is 0 Å². The zero-order valence-electron chi connectivity index (χ0n) is 7.99. The molecule has 0 unspecified atom stereocenters. The molecule has 1 aliphatic heterocycles. The minimum absolute atomic E-state index is 0.201. The molecule has 1 aliphatic rings. The molecule has 1 saturated heterocycles. The Hall–Kier alpha value is -1.14. The molecule has 3 N–H and O–H groups in total. The average molecular weight is 201 g/mol. The lowest BCUT2D eigenvalue weighted by atomic mass is 10.4. The van der Waals surface area contributed by atoms with Crippen molar-refractivity contribution in [3.8, 4) is 0 Å². The van der Waals surface area contributed by atoms with Crippen LogP contribution in [0.1, 0.15) is 6.42 Å². The quantitative estimate of drug-likeness (QED) is 0.594. The number of amides is 3. The van der Waals surface area contributed by atoms with Gasteiger partial charge in [0.25, 0.3) is 0 Å². The van der Waals surface area contributed by atoms with Crippen molar-refractivity contribution in [2.45, 2.75) is 6.42 Å². The van der Waals surface area contributed by atoms with Crippen LogP contribution < -0.4 is 11.1 Å². The van der Waals surface area contributed by atoms with Crippen LogP contribution in [-0.2, 0) is 9.53 Å². The highest BCUT2D eigenvalue weighted by Gasteiger charge is 2.13. The molecule has 0 spiro atoms. The van der Waals surface area contributed by atoms with Crippen molar-refractivity contribution in [2.75, 3.05) is 32.8 Å². The molecule has 0 saturated carbocycles. The first-order chi connectivity index (χ1) is 6.68. The number of hydrogen-bond donors (Lipinski definition) is 2. The fourth-order valence-electron chi connectivity index (χ4n) is 1.34. The molecule has 0 aliphatic carbocycles. The van der Waals surface area contributed by atoms with Gasteiger partial charge in [-0.3, -0.25) is 15.0 Å². The van der Waals surface area contributed by atoms with Gasteiger partial charge in [0.1, 0.15) is 0 Å². The number of primary amides is 1. The predicted octanol–water partition coefficient (Wildman–Crippen LogP) is -1.10. The van der Waals surface area contributed by atoms with Crippen LogP contribution in [0.25, 0.3) is 0 Å². The average Bonchev–Trinajstić information content (AvgIpc) is 2.31. The molecular formula is C8H15N3O3. The number of ether oxygens (including phenoxy) is 1. The van der Waals surface area contributed by atoms with Crippen LogP contribution in [0.4, 0.5) is 4.79 Å². The topological polar surface area (TPSA) is 84.7 Å². The Labute approximate surface area is 82.4 Å². The summed E-state index contributed by atoms with van der Waals surface area (Å²) >= 11 is 0. The van der Waals surface area contributed by atoms with Gasteiger partial charge in [0.05, 0.1) is 13.2 Å². The number of carbonyl (C=O) groups excluding carboxylic acids is 2. The number of carbonyl (C=O) groups is 2. The minimum atomic E-state index is -0.805. The zero-order valence-corrected chi connectivity index (χ0v) is 7.99. The van der Waals surface area contributed by atoms with Crippen LogP contribution in [0.3, 0.4) is 0 Å². The van der Waals surface area contributed by atoms with Gasteiger partial charge in [0, 0.05) is 19.7 Å². The lowest BCUT2D eigenvalue weighted by Crippen LogP contribution is -2.42. The van der Waals surface area contributed by atoms with Crippen molar-refractivity contribution < 1.29 is 14.3 Å². The Morgan fingerprint density at radius 1 is 1.36 bits per heavy atom. The third kappa shape index (κ3) is 4.20. The van der Waals surface area contributed by atoms with Crippen LogP contribution in [0, 0.1) is 0 Å². The Bertz CT molecular complexity index is 212. The molecule has 0 aromatic heterocycles. The smallest absolute Gasteiger partial charge is 0.318 e. The molecule has 0 radical (unpaired) electrons. The summed E-state index contributed by atoms with van der Waals surface area (Å²) in [5.41, 5.74) is 4.82. The maximum atomic E-state index is 11.1. The fourth-order valence-corrected chi connectivity index (χ4v) is 1.34. The van der Waals surface area contributed by atoms with Crippen LogP contribution >= 0.6 is 0 Å². The second kappa shape index (κ2) is 5.56. The van der Waals surface area contributed by atoms with Crippen molar-refractivity contribution in [1.82, 2.24) is 10.2 Å². The third-order valence-corrected chi connectivity index (χ3v) is 1.94. The summed E-state index contributed by atoms with van der Waals surface area (Å²) in [6, 6.07) is -0.805. The highest BCUT2D eigenvalue weighted by Crippen LogP contribution is 1.97. The largest absolute Gasteiger partial charge is 0.380 e. The van der Waals surface area contributed by atoms with Crippen molar-refractivity contribution >= 4 is 11.9 Å². The van der Waals surface area contributed by atoms with E-state index in [0.717, 1.165) is 19.6 Å². The van der Waals surface area contributed by atoms with E-state index < -0.39 is 6.03 Å². The first-order valence-corrected chi connectivity index (χ1v) is 4.58. The SMILES string of the molecule is NC(=O)NC(=O)CN1CCCOCC1.